The van der Waals surface area contributed by atoms with E-state index in [0.29, 0.717) is 72.8 Å². The molecule has 478 valence electrons. The van der Waals surface area contributed by atoms with Gasteiger partial charge in [0.05, 0.1) is 26.3 Å². The maximum Gasteiger partial charge on any atom is 0.320 e. The SMILES string of the molecule is C.CO.N[C@@H](CCNC(=O)/C=C/c1cccc(Cl)c1F)C(=O)O.O=C1CCC[C@@H]2N[C@@]3(C(=O)Nc4cc(Cl)ccc43)[C@@H](c3cccc(Cl)c3F)[C@H]12.O=C1CCC[C@H]2N[C@@]3(C(=O)Nc4cc(Cl)ccc43)[C@H](c3cccc(Cl)c3F)[C@@H]12.O=C1Nc2cc(Cl)ccc2C1=O. The number of hydrogen-bond acceptors (Lipinski definition) is 12. The third kappa shape index (κ3) is 13.7. The number of halogens is 9. The summed E-state index contributed by atoms with van der Waals surface area (Å²) < 4.78 is 43.7. The number of aliphatic hydroxyl groups excluding tert-OH is 1. The lowest BCUT2D eigenvalue weighted by Crippen LogP contribution is -2.49. The lowest BCUT2D eigenvalue weighted by atomic mass is 9.68. The molecular formula is C65H60Cl6F3N7O10. The van der Waals surface area contributed by atoms with E-state index in [1.807, 2.05) is 0 Å². The second-order valence-corrected chi connectivity index (χ2v) is 24.4. The highest BCUT2D eigenvalue weighted by Gasteiger charge is 2.66. The molecule has 7 aliphatic rings. The first-order valence-electron chi connectivity index (χ1n) is 28.2. The van der Waals surface area contributed by atoms with Crippen LogP contribution in [-0.2, 0) is 44.6 Å². The Kier molecular flexibility index (Phi) is 22.3. The number of fused-ring (bicyclic) bond motifs is 7. The number of nitrogens with one attached hydrogen (secondary N) is 6. The van der Waals surface area contributed by atoms with Gasteiger partial charge in [-0.2, -0.15) is 0 Å². The van der Waals surface area contributed by atoms with Gasteiger partial charge in [0.15, 0.2) is 0 Å². The van der Waals surface area contributed by atoms with Crippen LogP contribution in [0.15, 0.2) is 115 Å². The van der Waals surface area contributed by atoms with Crippen LogP contribution in [0.2, 0.25) is 30.1 Å². The number of rotatable bonds is 8. The van der Waals surface area contributed by atoms with Gasteiger partial charge < -0.3 is 37.2 Å². The predicted octanol–water partition coefficient (Wildman–Crippen LogP) is 11.9. The van der Waals surface area contributed by atoms with Gasteiger partial charge in [0.1, 0.15) is 46.1 Å². The van der Waals surface area contributed by atoms with E-state index in [2.05, 4.69) is 31.9 Å². The van der Waals surface area contributed by atoms with E-state index in [1.165, 1.54) is 36.4 Å². The van der Waals surface area contributed by atoms with Crippen LogP contribution < -0.4 is 37.6 Å². The number of ketones is 3. The summed E-state index contributed by atoms with van der Waals surface area (Å²) in [5.74, 6) is -7.29. The Hall–Kier alpha value is -7.21. The molecule has 10 N–H and O–H groups in total. The molecule has 5 heterocycles. The number of carbonyl (C=O) groups is 8. The van der Waals surface area contributed by atoms with Gasteiger partial charge in [-0.1, -0.05) is 126 Å². The summed E-state index contributed by atoms with van der Waals surface area (Å²) in [4.78, 5) is 96.2. The highest BCUT2D eigenvalue weighted by atomic mass is 35.5. The van der Waals surface area contributed by atoms with Crippen LogP contribution in [-0.4, -0.2) is 88.9 Å². The first-order valence-corrected chi connectivity index (χ1v) is 30.4. The minimum Gasteiger partial charge on any atom is -0.480 e. The molecule has 2 saturated carbocycles. The van der Waals surface area contributed by atoms with Gasteiger partial charge >= 0.3 is 5.97 Å². The molecule has 91 heavy (non-hydrogen) atoms. The van der Waals surface area contributed by atoms with Crippen molar-refractivity contribution in [1.29, 1.82) is 0 Å². The smallest absolute Gasteiger partial charge is 0.320 e. The molecule has 2 saturated heterocycles. The van der Waals surface area contributed by atoms with E-state index in [0.717, 1.165) is 38.9 Å². The number of carboxylic acids is 1. The molecule has 4 amide bonds. The van der Waals surface area contributed by atoms with Crippen LogP contribution in [0.4, 0.5) is 30.2 Å². The zero-order valence-corrected chi connectivity index (χ0v) is 51.9. The van der Waals surface area contributed by atoms with Gasteiger partial charge in [-0.15, -0.1) is 0 Å². The Morgan fingerprint density at radius 3 is 1.54 bits per heavy atom. The minimum atomic E-state index is -1.24. The van der Waals surface area contributed by atoms with E-state index in [-0.39, 0.29) is 76.5 Å². The number of carbonyl (C=O) groups excluding carboxylic acids is 7. The predicted molar refractivity (Wildman–Crippen MR) is 343 cm³/mol. The van der Waals surface area contributed by atoms with Crippen LogP contribution in [0.25, 0.3) is 6.08 Å². The lowest BCUT2D eigenvalue weighted by molar-refractivity contribution is -0.139. The normalized spacial score (nSPS) is 23.8. The number of anilines is 3. The third-order valence-corrected chi connectivity index (χ3v) is 18.4. The Bertz CT molecular complexity index is 3780. The summed E-state index contributed by atoms with van der Waals surface area (Å²) in [6, 6.07) is 27.5. The quantitative estimate of drug-likeness (QED) is 0.0507. The topological polar surface area (TPSA) is 275 Å². The van der Waals surface area contributed by atoms with E-state index in [1.54, 1.807) is 78.9 Å². The van der Waals surface area contributed by atoms with Gasteiger partial charge in [0, 0.05) is 111 Å². The second-order valence-electron chi connectivity index (χ2n) is 21.9. The van der Waals surface area contributed by atoms with Crippen LogP contribution in [0, 0.1) is 29.3 Å². The monoisotopic (exact) mass is 1370 g/mol. The maximum absolute atomic E-state index is 15.1. The molecular weight excluding hydrogens is 1310 g/mol. The Morgan fingerprint density at radius 1 is 0.626 bits per heavy atom. The Labute approximate surface area is 550 Å². The van der Waals surface area contributed by atoms with Crippen molar-refractivity contribution < 1.29 is 61.7 Å². The molecule has 4 fully saturated rings. The van der Waals surface area contributed by atoms with Gasteiger partial charge in [-0.05, 0) is 110 Å². The number of benzene rings is 6. The van der Waals surface area contributed by atoms with Crippen molar-refractivity contribution in [3.05, 3.63) is 196 Å². The summed E-state index contributed by atoms with van der Waals surface area (Å²) in [5, 5.41) is 34.5. The van der Waals surface area contributed by atoms with Crippen molar-refractivity contribution in [3.63, 3.8) is 0 Å². The Morgan fingerprint density at radius 2 is 1.07 bits per heavy atom. The van der Waals surface area contributed by atoms with Crippen molar-refractivity contribution in [2.24, 2.45) is 17.6 Å². The average Bonchev–Trinajstić information content (AvgIpc) is 1.55. The number of Topliss-reactive ketones (excluding diaryl/α,β-unsaturated/α-hetero) is 3. The molecule has 6 aromatic carbocycles. The van der Waals surface area contributed by atoms with Gasteiger partial charge in [0.25, 0.3) is 11.7 Å². The molecule has 13 rings (SSSR count). The summed E-state index contributed by atoms with van der Waals surface area (Å²) in [5.41, 5.74) is 7.02. The van der Waals surface area contributed by atoms with E-state index in [4.69, 9.17) is 85.6 Å². The maximum atomic E-state index is 15.1. The fourth-order valence-corrected chi connectivity index (χ4v) is 14.0. The summed E-state index contributed by atoms with van der Waals surface area (Å²) in [6.45, 7) is 0.120. The second kappa shape index (κ2) is 29.2. The zero-order chi connectivity index (χ0) is 65.1. The molecule has 0 bridgehead atoms. The largest absolute Gasteiger partial charge is 0.480 e. The Balaban J connectivity index is 0.000000160. The molecule has 0 radical (unpaired) electrons. The van der Waals surface area contributed by atoms with Crippen molar-refractivity contribution in [1.82, 2.24) is 16.0 Å². The third-order valence-electron chi connectivity index (χ3n) is 16.8. The molecule has 0 aromatic heterocycles. The van der Waals surface area contributed by atoms with Gasteiger partial charge in [-0.25, -0.2) is 13.2 Å². The van der Waals surface area contributed by atoms with Crippen LogP contribution in [0.1, 0.15) is 102 Å². The fraction of sp³-hybridized carbons (Fsp3) is 0.292. The van der Waals surface area contributed by atoms with Crippen LogP contribution in [0.5, 0.6) is 0 Å². The van der Waals surface area contributed by atoms with E-state index >= 15 is 8.78 Å². The standard InChI is InChI=1S/2C21H17Cl2FN2O2.C13H14ClFN2O3.C8H4ClNO2.CH4O.CH4/c2*22-10-7-8-12-15(9-10)25-20(28)21(12)18(11-3-1-4-13(23)19(11)24)17-14(26-21)5-2-6-16(17)27;14-9-3-1-2-8(12(9)15)4-5-11(18)17-7-6-10(16)13(19)20;9-4-1-2-5-6(3-4)10-8(12)7(5)11;1-2;/h2*1,3-4,7-9,14,17-18,26H,2,5-6H2,(H,25,28);1-5,10H,6-7,16H2,(H,17,18)(H,19,20);1-3H,(H,10,11,12);2H,1H3;1H4/b;;5-4+;;;/t14-,17-,18-,21+;14-,17-,18-,21-;10-;;;/m010.../s1. The van der Waals surface area contributed by atoms with Gasteiger partial charge in [-0.3, -0.25) is 49.0 Å². The van der Waals surface area contributed by atoms with Crippen LogP contribution in [0.3, 0.4) is 0 Å². The first-order chi connectivity index (χ1) is 43.0. The van der Waals surface area contributed by atoms with E-state index in [9.17, 15) is 42.7 Å². The first kappa shape index (κ1) is 69.7. The van der Waals surface area contributed by atoms with Crippen molar-refractivity contribution in [2.75, 3.05) is 29.6 Å². The molecule has 5 aliphatic heterocycles. The molecule has 0 unspecified atom stereocenters. The number of hydrogen-bond donors (Lipinski definition) is 9. The van der Waals surface area contributed by atoms with Crippen molar-refractivity contribution >= 4 is 140 Å². The number of carboxylic acid groups (broad SMARTS) is 1. The highest BCUT2D eigenvalue weighted by molar-refractivity contribution is 6.52. The lowest BCUT2D eigenvalue weighted by Gasteiger charge is -2.32. The highest BCUT2D eigenvalue weighted by Crippen LogP contribution is 2.59. The van der Waals surface area contributed by atoms with Gasteiger partial charge in [0.2, 0.25) is 17.7 Å². The number of aliphatic hydroxyl groups is 1. The molecule has 17 nitrogen and oxygen atoms in total. The number of amides is 4. The summed E-state index contributed by atoms with van der Waals surface area (Å²) in [6.07, 6.45) is 6.43. The van der Waals surface area contributed by atoms with E-state index < -0.39 is 81.8 Å². The molecule has 6 aromatic rings. The number of nitrogens with two attached hydrogens (primary N) is 1. The zero-order valence-electron chi connectivity index (χ0n) is 47.4. The minimum absolute atomic E-state index is 0. The van der Waals surface area contributed by atoms with Crippen molar-refractivity contribution in [2.45, 2.75) is 93.4 Å². The number of aliphatic carboxylic acids is 1. The van der Waals surface area contributed by atoms with Crippen molar-refractivity contribution in [3.8, 4) is 0 Å². The fourth-order valence-electron chi connectivity index (χ4n) is 13.0. The molecule has 2 aliphatic carbocycles. The van der Waals surface area contributed by atoms with Crippen LogP contribution >= 0.6 is 69.6 Å². The average molecular weight is 1370 g/mol. The molecule has 26 heteroatoms. The summed E-state index contributed by atoms with van der Waals surface area (Å²) >= 11 is 35.6. The molecule has 9 atom stereocenters. The summed E-state index contributed by atoms with van der Waals surface area (Å²) in [7, 11) is 1.00. The molecule has 2 spiro atoms.